The molecule has 5 heteroatoms. The average Bonchev–Trinajstić information content (AvgIpc) is 3.14. The Hall–Kier alpha value is -2.58. The lowest BCUT2D eigenvalue weighted by atomic mass is 9.95. The number of carbonyl (C=O) groups excluding carboxylic acids is 1. The van der Waals surface area contributed by atoms with Gasteiger partial charge in [-0.3, -0.25) is 4.79 Å². The zero-order chi connectivity index (χ0) is 17.9. The summed E-state index contributed by atoms with van der Waals surface area (Å²) in [6.45, 7) is 4.77. The summed E-state index contributed by atoms with van der Waals surface area (Å²) in [5.74, 6) is 7.16. The van der Waals surface area contributed by atoms with Gasteiger partial charge in [-0.15, -0.1) is 0 Å². The number of amides is 1. The predicted molar refractivity (Wildman–Crippen MR) is 96.1 cm³/mol. The number of hydrogen-bond acceptors (Lipinski definition) is 3. The normalized spacial score (nSPS) is 15.6. The lowest BCUT2D eigenvalue weighted by Gasteiger charge is -2.31. The third-order valence-corrected chi connectivity index (χ3v) is 4.33. The number of benzene rings is 1. The van der Waals surface area contributed by atoms with Crippen molar-refractivity contribution in [1.82, 2.24) is 14.9 Å². The molecule has 1 aromatic heterocycles. The molecule has 2 heterocycles. The monoisotopic (exact) mass is 337 g/mol. The number of aliphatic hydroxyl groups is 1. The van der Waals surface area contributed by atoms with Crippen molar-refractivity contribution in [1.29, 1.82) is 0 Å². The SMILES string of the molecule is CC(C)(O)C#Cc1ccc(C(=O)N2CCC(c3ncc[nH]3)CC2)cc1. The molecule has 0 saturated carbocycles. The first-order valence-electron chi connectivity index (χ1n) is 8.56. The van der Waals surface area contributed by atoms with Gasteiger partial charge in [-0.1, -0.05) is 11.8 Å². The van der Waals surface area contributed by atoms with Gasteiger partial charge in [-0.2, -0.15) is 0 Å². The Kier molecular flexibility index (Phi) is 4.91. The van der Waals surface area contributed by atoms with Gasteiger partial charge in [0.2, 0.25) is 0 Å². The van der Waals surface area contributed by atoms with Gasteiger partial charge in [0, 0.05) is 42.5 Å². The molecule has 1 fully saturated rings. The molecule has 5 nitrogen and oxygen atoms in total. The molecule has 0 atom stereocenters. The molecule has 2 N–H and O–H groups in total. The first kappa shape index (κ1) is 17.2. The van der Waals surface area contributed by atoms with E-state index in [0.29, 0.717) is 11.5 Å². The number of carbonyl (C=O) groups is 1. The molecule has 2 aromatic rings. The van der Waals surface area contributed by atoms with Crippen LogP contribution in [0, 0.1) is 11.8 Å². The third-order valence-electron chi connectivity index (χ3n) is 4.33. The van der Waals surface area contributed by atoms with Crippen LogP contribution in [0.2, 0.25) is 0 Å². The molecule has 0 aliphatic carbocycles. The van der Waals surface area contributed by atoms with E-state index in [1.165, 1.54) is 0 Å². The van der Waals surface area contributed by atoms with Gasteiger partial charge in [0.1, 0.15) is 11.4 Å². The molecule has 0 bridgehead atoms. The average molecular weight is 337 g/mol. The molecule has 1 aromatic carbocycles. The van der Waals surface area contributed by atoms with E-state index in [4.69, 9.17) is 0 Å². The molecular weight excluding hydrogens is 314 g/mol. The van der Waals surface area contributed by atoms with Crippen LogP contribution in [0.4, 0.5) is 0 Å². The first-order chi connectivity index (χ1) is 11.9. The van der Waals surface area contributed by atoms with E-state index in [0.717, 1.165) is 37.3 Å². The van der Waals surface area contributed by atoms with Crippen molar-refractivity contribution < 1.29 is 9.90 Å². The van der Waals surface area contributed by atoms with Crippen LogP contribution in [-0.2, 0) is 0 Å². The first-order valence-corrected chi connectivity index (χ1v) is 8.56. The van der Waals surface area contributed by atoms with Crippen LogP contribution in [0.3, 0.4) is 0 Å². The Morgan fingerprint density at radius 1 is 1.28 bits per heavy atom. The highest BCUT2D eigenvalue weighted by Crippen LogP contribution is 2.26. The molecule has 1 aliphatic heterocycles. The topological polar surface area (TPSA) is 69.2 Å². The van der Waals surface area contributed by atoms with Gasteiger partial charge in [0.25, 0.3) is 5.91 Å². The Morgan fingerprint density at radius 2 is 1.96 bits per heavy atom. The van der Waals surface area contributed by atoms with E-state index >= 15 is 0 Å². The minimum absolute atomic E-state index is 0.0555. The highest BCUT2D eigenvalue weighted by Gasteiger charge is 2.25. The Labute approximate surface area is 148 Å². The van der Waals surface area contributed by atoms with Crippen LogP contribution in [0.15, 0.2) is 36.7 Å². The molecule has 0 radical (unpaired) electrons. The third kappa shape index (κ3) is 4.49. The largest absolute Gasteiger partial charge is 0.378 e. The van der Waals surface area contributed by atoms with Crippen molar-refractivity contribution in [3.05, 3.63) is 53.6 Å². The van der Waals surface area contributed by atoms with Crippen molar-refractivity contribution in [2.24, 2.45) is 0 Å². The number of imidazole rings is 1. The van der Waals surface area contributed by atoms with Crippen LogP contribution in [0.1, 0.15) is 54.4 Å². The van der Waals surface area contributed by atoms with Crippen LogP contribution >= 0.6 is 0 Å². The molecule has 1 saturated heterocycles. The second-order valence-electron chi connectivity index (χ2n) is 6.93. The predicted octanol–water partition coefficient (Wildman–Crippen LogP) is 2.55. The molecule has 1 amide bonds. The number of nitrogens with one attached hydrogen (secondary N) is 1. The van der Waals surface area contributed by atoms with Gasteiger partial charge in [0.15, 0.2) is 0 Å². The fourth-order valence-electron chi connectivity index (χ4n) is 2.96. The van der Waals surface area contributed by atoms with Crippen molar-refractivity contribution in [3.8, 4) is 11.8 Å². The van der Waals surface area contributed by atoms with Gasteiger partial charge in [0.05, 0.1) is 0 Å². The number of likely N-dealkylation sites (tertiary alicyclic amines) is 1. The molecule has 3 rings (SSSR count). The fourth-order valence-corrected chi connectivity index (χ4v) is 2.96. The summed E-state index contributed by atoms with van der Waals surface area (Å²) in [5.41, 5.74) is 0.438. The number of aromatic amines is 1. The number of piperidine rings is 1. The lowest BCUT2D eigenvalue weighted by molar-refractivity contribution is 0.0711. The van der Waals surface area contributed by atoms with Gasteiger partial charge in [-0.25, -0.2) is 4.98 Å². The summed E-state index contributed by atoms with van der Waals surface area (Å²) >= 11 is 0. The Balaban J connectivity index is 1.61. The summed E-state index contributed by atoms with van der Waals surface area (Å²) in [6, 6.07) is 7.24. The van der Waals surface area contributed by atoms with E-state index in [2.05, 4.69) is 21.8 Å². The number of nitrogens with zero attached hydrogens (tertiary/aromatic N) is 2. The maximum Gasteiger partial charge on any atom is 0.253 e. The second-order valence-corrected chi connectivity index (χ2v) is 6.93. The summed E-state index contributed by atoms with van der Waals surface area (Å²) in [6.07, 6.45) is 5.47. The quantitative estimate of drug-likeness (QED) is 0.828. The molecular formula is C20H23N3O2. The van der Waals surface area contributed by atoms with E-state index < -0.39 is 5.60 Å². The highest BCUT2D eigenvalue weighted by molar-refractivity contribution is 5.94. The van der Waals surface area contributed by atoms with Crippen LogP contribution in [0.25, 0.3) is 0 Å². The standard InChI is InChI=1S/C20H23N3O2/c1-20(2,25)10-7-15-3-5-17(6-4-15)19(24)23-13-8-16(9-14-23)18-21-11-12-22-18/h3-6,11-12,16,25H,8-9,13-14H2,1-2H3,(H,21,22). The summed E-state index contributed by atoms with van der Waals surface area (Å²) < 4.78 is 0. The highest BCUT2D eigenvalue weighted by atomic mass is 16.3. The zero-order valence-electron chi connectivity index (χ0n) is 14.6. The maximum atomic E-state index is 12.6. The minimum Gasteiger partial charge on any atom is -0.378 e. The van der Waals surface area contributed by atoms with Crippen molar-refractivity contribution in [2.45, 2.75) is 38.2 Å². The van der Waals surface area contributed by atoms with Gasteiger partial charge < -0.3 is 15.0 Å². The summed E-state index contributed by atoms with van der Waals surface area (Å²) in [7, 11) is 0. The van der Waals surface area contributed by atoms with E-state index in [-0.39, 0.29) is 5.91 Å². The summed E-state index contributed by atoms with van der Waals surface area (Å²) in [5, 5.41) is 9.64. The lowest BCUT2D eigenvalue weighted by Crippen LogP contribution is -2.38. The van der Waals surface area contributed by atoms with Crippen molar-refractivity contribution in [3.63, 3.8) is 0 Å². The second kappa shape index (κ2) is 7.12. The van der Waals surface area contributed by atoms with Crippen LogP contribution in [0.5, 0.6) is 0 Å². The number of H-pyrrole nitrogens is 1. The molecule has 0 unspecified atom stereocenters. The van der Waals surface area contributed by atoms with E-state index in [9.17, 15) is 9.90 Å². The Bertz CT molecular complexity index is 769. The van der Waals surface area contributed by atoms with Gasteiger partial charge in [-0.05, 0) is 51.0 Å². The molecule has 25 heavy (non-hydrogen) atoms. The number of rotatable bonds is 2. The molecule has 130 valence electrons. The molecule has 0 spiro atoms. The van der Waals surface area contributed by atoms with E-state index in [1.807, 2.05) is 23.2 Å². The fraction of sp³-hybridized carbons (Fsp3) is 0.400. The molecule has 1 aliphatic rings. The van der Waals surface area contributed by atoms with Crippen LogP contribution in [-0.4, -0.2) is 44.6 Å². The Morgan fingerprint density at radius 3 is 2.52 bits per heavy atom. The minimum atomic E-state index is -1.02. The maximum absolute atomic E-state index is 12.6. The van der Waals surface area contributed by atoms with Gasteiger partial charge >= 0.3 is 0 Å². The zero-order valence-corrected chi connectivity index (χ0v) is 14.6. The number of hydrogen-bond donors (Lipinski definition) is 2. The smallest absolute Gasteiger partial charge is 0.253 e. The van der Waals surface area contributed by atoms with E-state index in [1.54, 1.807) is 32.2 Å². The van der Waals surface area contributed by atoms with Crippen molar-refractivity contribution in [2.75, 3.05) is 13.1 Å². The number of aromatic nitrogens is 2. The van der Waals surface area contributed by atoms with Crippen molar-refractivity contribution >= 4 is 5.91 Å². The van der Waals surface area contributed by atoms with Crippen LogP contribution < -0.4 is 0 Å². The summed E-state index contributed by atoms with van der Waals surface area (Å²) in [4.78, 5) is 22.0.